The minimum atomic E-state index is -0.902. The summed E-state index contributed by atoms with van der Waals surface area (Å²) in [5, 5.41) is 2.69. The number of amides is 1. The molecule has 1 amide bonds. The maximum absolute atomic E-state index is 13.2. The first-order valence-corrected chi connectivity index (χ1v) is 6.60. The van der Waals surface area contributed by atoms with Crippen molar-refractivity contribution in [3.63, 3.8) is 0 Å². The standard InChI is InChI=1S/C14H18F2N2O/c15-11-7-10(8-12(16)13(11)17)14(19)18-6-5-9-3-1-2-4-9/h7-9H,1-6,17H2,(H,18,19). The van der Waals surface area contributed by atoms with Gasteiger partial charge in [-0.3, -0.25) is 4.79 Å². The lowest BCUT2D eigenvalue weighted by Gasteiger charge is -2.10. The Bertz CT molecular complexity index is 448. The van der Waals surface area contributed by atoms with E-state index in [4.69, 9.17) is 5.73 Å². The van der Waals surface area contributed by atoms with Gasteiger partial charge in [-0.1, -0.05) is 25.7 Å². The fourth-order valence-electron chi connectivity index (χ4n) is 2.51. The minimum Gasteiger partial charge on any atom is -0.394 e. The fraction of sp³-hybridized carbons (Fsp3) is 0.500. The van der Waals surface area contributed by atoms with Crippen molar-refractivity contribution in [1.29, 1.82) is 0 Å². The third-order valence-electron chi connectivity index (χ3n) is 3.65. The van der Waals surface area contributed by atoms with Gasteiger partial charge in [0.1, 0.15) is 17.3 Å². The predicted molar refractivity (Wildman–Crippen MR) is 69.7 cm³/mol. The number of hydrogen-bond donors (Lipinski definition) is 2. The van der Waals surface area contributed by atoms with Gasteiger partial charge in [0.25, 0.3) is 5.91 Å². The van der Waals surface area contributed by atoms with Crippen molar-refractivity contribution in [2.75, 3.05) is 12.3 Å². The summed E-state index contributed by atoms with van der Waals surface area (Å²) in [7, 11) is 0. The Morgan fingerprint density at radius 1 is 1.26 bits per heavy atom. The normalized spacial score (nSPS) is 15.7. The number of rotatable bonds is 4. The van der Waals surface area contributed by atoms with Crippen molar-refractivity contribution in [2.45, 2.75) is 32.1 Å². The number of carbonyl (C=O) groups is 1. The number of nitrogens with two attached hydrogens (primary N) is 1. The summed E-state index contributed by atoms with van der Waals surface area (Å²) in [6, 6.07) is 1.92. The zero-order valence-corrected chi connectivity index (χ0v) is 10.7. The molecule has 3 N–H and O–H groups in total. The molecule has 19 heavy (non-hydrogen) atoms. The molecule has 0 heterocycles. The highest BCUT2D eigenvalue weighted by molar-refractivity contribution is 5.94. The summed E-state index contributed by atoms with van der Waals surface area (Å²) < 4.78 is 26.4. The van der Waals surface area contributed by atoms with Gasteiger partial charge in [0.05, 0.1) is 0 Å². The van der Waals surface area contributed by atoms with Crippen LogP contribution in [0.15, 0.2) is 12.1 Å². The van der Waals surface area contributed by atoms with Gasteiger partial charge in [-0.15, -0.1) is 0 Å². The van der Waals surface area contributed by atoms with E-state index in [0.29, 0.717) is 12.5 Å². The SMILES string of the molecule is Nc1c(F)cc(C(=O)NCCC2CCCC2)cc1F. The minimum absolute atomic E-state index is 0.0318. The largest absolute Gasteiger partial charge is 0.394 e. The third-order valence-corrected chi connectivity index (χ3v) is 3.65. The molecular formula is C14H18F2N2O. The Labute approximate surface area is 111 Å². The van der Waals surface area contributed by atoms with E-state index in [1.165, 1.54) is 25.7 Å². The molecule has 5 heteroatoms. The lowest BCUT2D eigenvalue weighted by Crippen LogP contribution is -2.26. The van der Waals surface area contributed by atoms with Crippen LogP contribution in [0.25, 0.3) is 0 Å². The number of nitrogen functional groups attached to an aromatic ring is 1. The van der Waals surface area contributed by atoms with Gasteiger partial charge >= 0.3 is 0 Å². The van der Waals surface area contributed by atoms with E-state index < -0.39 is 23.2 Å². The van der Waals surface area contributed by atoms with Crippen LogP contribution in [0.1, 0.15) is 42.5 Å². The van der Waals surface area contributed by atoms with Crippen LogP contribution < -0.4 is 11.1 Å². The van der Waals surface area contributed by atoms with Crippen molar-refractivity contribution in [3.05, 3.63) is 29.3 Å². The Hall–Kier alpha value is -1.65. The molecule has 0 atom stereocenters. The maximum Gasteiger partial charge on any atom is 0.251 e. The molecule has 1 aromatic rings. The molecule has 0 saturated heterocycles. The van der Waals surface area contributed by atoms with E-state index in [2.05, 4.69) is 5.32 Å². The number of halogens is 2. The molecule has 104 valence electrons. The third kappa shape index (κ3) is 3.43. The topological polar surface area (TPSA) is 55.1 Å². The number of hydrogen-bond acceptors (Lipinski definition) is 2. The molecule has 2 rings (SSSR count). The van der Waals surface area contributed by atoms with Gasteiger partial charge in [-0.05, 0) is 24.5 Å². The van der Waals surface area contributed by atoms with E-state index >= 15 is 0 Å². The first-order chi connectivity index (χ1) is 9.08. The summed E-state index contributed by atoms with van der Waals surface area (Å²) in [5.74, 6) is -1.60. The number of benzene rings is 1. The van der Waals surface area contributed by atoms with E-state index in [-0.39, 0.29) is 5.56 Å². The predicted octanol–water partition coefficient (Wildman–Crippen LogP) is 2.86. The van der Waals surface area contributed by atoms with Crippen LogP contribution >= 0.6 is 0 Å². The molecule has 0 bridgehead atoms. The Kier molecular flexibility index (Phi) is 4.35. The van der Waals surface area contributed by atoms with Gasteiger partial charge in [0, 0.05) is 12.1 Å². The van der Waals surface area contributed by atoms with Crippen LogP contribution in [0.5, 0.6) is 0 Å². The van der Waals surface area contributed by atoms with Crippen LogP contribution in [0.4, 0.5) is 14.5 Å². The zero-order chi connectivity index (χ0) is 13.8. The quantitative estimate of drug-likeness (QED) is 0.825. The summed E-state index contributed by atoms with van der Waals surface area (Å²) in [4.78, 5) is 11.7. The second-order valence-corrected chi connectivity index (χ2v) is 5.05. The summed E-state index contributed by atoms with van der Waals surface area (Å²) in [6.07, 6.45) is 5.85. The summed E-state index contributed by atoms with van der Waals surface area (Å²) in [5.41, 5.74) is 4.57. The molecule has 1 aliphatic rings. The maximum atomic E-state index is 13.2. The summed E-state index contributed by atoms with van der Waals surface area (Å²) in [6.45, 7) is 0.539. The van der Waals surface area contributed by atoms with Crippen molar-refractivity contribution < 1.29 is 13.6 Å². The molecule has 1 fully saturated rings. The number of anilines is 1. The first kappa shape index (κ1) is 13.8. The lowest BCUT2D eigenvalue weighted by molar-refractivity contribution is 0.0950. The van der Waals surface area contributed by atoms with Crippen molar-refractivity contribution in [3.8, 4) is 0 Å². The van der Waals surface area contributed by atoms with Gasteiger partial charge in [-0.2, -0.15) is 0 Å². The van der Waals surface area contributed by atoms with Gasteiger partial charge < -0.3 is 11.1 Å². The average molecular weight is 268 g/mol. The fourth-order valence-corrected chi connectivity index (χ4v) is 2.51. The Balaban J connectivity index is 1.88. The van der Waals surface area contributed by atoms with E-state index in [1.807, 2.05) is 0 Å². The molecule has 0 unspecified atom stereocenters. The average Bonchev–Trinajstić information content (AvgIpc) is 2.88. The van der Waals surface area contributed by atoms with Gasteiger partial charge in [0.2, 0.25) is 0 Å². The molecule has 1 saturated carbocycles. The van der Waals surface area contributed by atoms with E-state index in [9.17, 15) is 13.6 Å². The molecule has 1 aromatic carbocycles. The van der Waals surface area contributed by atoms with Crippen molar-refractivity contribution >= 4 is 11.6 Å². The second kappa shape index (κ2) is 5.99. The second-order valence-electron chi connectivity index (χ2n) is 5.05. The Morgan fingerprint density at radius 3 is 2.42 bits per heavy atom. The van der Waals surface area contributed by atoms with Crippen LogP contribution in [0.2, 0.25) is 0 Å². The molecule has 0 aliphatic heterocycles. The van der Waals surface area contributed by atoms with Crippen molar-refractivity contribution in [2.24, 2.45) is 5.92 Å². The molecule has 3 nitrogen and oxygen atoms in total. The van der Waals surface area contributed by atoms with Crippen LogP contribution in [0, 0.1) is 17.6 Å². The molecule has 0 aromatic heterocycles. The van der Waals surface area contributed by atoms with Crippen molar-refractivity contribution in [1.82, 2.24) is 5.32 Å². The number of carbonyl (C=O) groups excluding carboxylic acids is 1. The highest BCUT2D eigenvalue weighted by atomic mass is 19.1. The van der Waals surface area contributed by atoms with Crippen LogP contribution in [-0.4, -0.2) is 12.5 Å². The highest BCUT2D eigenvalue weighted by Gasteiger charge is 2.16. The van der Waals surface area contributed by atoms with Crippen LogP contribution in [0.3, 0.4) is 0 Å². The molecular weight excluding hydrogens is 250 g/mol. The van der Waals surface area contributed by atoms with E-state index in [1.54, 1.807) is 0 Å². The lowest BCUT2D eigenvalue weighted by atomic mass is 10.0. The number of nitrogens with one attached hydrogen (secondary N) is 1. The highest BCUT2D eigenvalue weighted by Crippen LogP contribution is 2.27. The van der Waals surface area contributed by atoms with Crippen LogP contribution in [-0.2, 0) is 0 Å². The molecule has 1 aliphatic carbocycles. The molecule has 0 spiro atoms. The molecule has 0 radical (unpaired) electrons. The smallest absolute Gasteiger partial charge is 0.251 e. The first-order valence-electron chi connectivity index (χ1n) is 6.60. The monoisotopic (exact) mass is 268 g/mol. The summed E-state index contributed by atoms with van der Waals surface area (Å²) >= 11 is 0. The van der Waals surface area contributed by atoms with Gasteiger partial charge in [-0.25, -0.2) is 8.78 Å². The van der Waals surface area contributed by atoms with Gasteiger partial charge in [0.15, 0.2) is 0 Å². The van der Waals surface area contributed by atoms with E-state index in [0.717, 1.165) is 18.6 Å². The zero-order valence-electron chi connectivity index (χ0n) is 10.7. The Morgan fingerprint density at radius 2 is 1.84 bits per heavy atom.